The van der Waals surface area contributed by atoms with E-state index in [1.165, 1.54) is 12.1 Å². The monoisotopic (exact) mass is 275 g/mol. The van der Waals surface area contributed by atoms with E-state index in [1.54, 1.807) is 13.8 Å². The van der Waals surface area contributed by atoms with Gasteiger partial charge in [0.2, 0.25) is 10.0 Å². The Morgan fingerprint density at radius 1 is 1.39 bits per heavy atom. The highest BCUT2D eigenvalue weighted by Crippen LogP contribution is 2.22. The second-order valence-electron chi connectivity index (χ2n) is 3.96. The molecule has 1 rings (SSSR count). The van der Waals surface area contributed by atoms with Gasteiger partial charge in [0.15, 0.2) is 11.6 Å². The standard InChI is InChI=1S/C12H18FNO3S/c1-4-9(3)14-18(15,16)10-6-7-11(13)12(8-10)17-5-2/h6-9,14H,4-5H2,1-3H3. The van der Waals surface area contributed by atoms with E-state index >= 15 is 0 Å². The van der Waals surface area contributed by atoms with E-state index in [0.717, 1.165) is 6.07 Å². The van der Waals surface area contributed by atoms with Crippen LogP contribution in [0.15, 0.2) is 23.1 Å². The minimum absolute atomic E-state index is 0.00708. The first-order valence-corrected chi connectivity index (χ1v) is 7.33. The number of benzene rings is 1. The molecule has 0 aliphatic carbocycles. The van der Waals surface area contributed by atoms with Gasteiger partial charge in [-0.05, 0) is 32.4 Å². The first-order valence-electron chi connectivity index (χ1n) is 5.85. The molecule has 0 fully saturated rings. The Kier molecular flexibility index (Phi) is 5.10. The molecule has 0 aliphatic rings. The fourth-order valence-electron chi connectivity index (χ4n) is 1.33. The van der Waals surface area contributed by atoms with Gasteiger partial charge in [-0.3, -0.25) is 0 Å². The lowest BCUT2D eigenvalue weighted by molar-refractivity contribution is 0.320. The summed E-state index contributed by atoms with van der Waals surface area (Å²) in [6, 6.07) is 3.35. The molecule has 0 heterocycles. The zero-order valence-corrected chi connectivity index (χ0v) is 11.6. The Morgan fingerprint density at radius 3 is 2.61 bits per heavy atom. The molecule has 4 nitrogen and oxygen atoms in total. The van der Waals surface area contributed by atoms with Gasteiger partial charge in [0.1, 0.15) is 0 Å². The van der Waals surface area contributed by atoms with Crippen molar-refractivity contribution in [2.75, 3.05) is 6.61 Å². The first-order chi connectivity index (χ1) is 8.40. The summed E-state index contributed by atoms with van der Waals surface area (Å²) in [5.74, 6) is -0.621. The van der Waals surface area contributed by atoms with Crippen LogP contribution >= 0.6 is 0 Å². The number of sulfonamides is 1. The SMILES string of the molecule is CCOc1cc(S(=O)(=O)NC(C)CC)ccc1F. The predicted octanol–water partition coefficient (Wildman–Crippen LogP) is 2.30. The summed E-state index contributed by atoms with van der Waals surface area (Å²) in [7, 11) is -3.63. The van der Waals surface area contributed by atoms with E-state index in [2.05, 4.69) is 4.72 Å². The molecule has 1 N–H and O–H groups in total. The molecular weight excluding hydrogens is 257 g/mol. The number of rotatable bonds is 6. The van der Waals surface area contributed by atoms with Crippen molar-refractivity contribution in [1.29, 1.82) is 0 Å². The number of ether oxygens (including phenoxy) is 1. The summed E-state index contributed by atoms with van der Waals surface area (Å²) < 4.78 is 44.8. The summed E-state index contributed by atoms with van der Waals surface area (Å²) in [5, 5.41) is 0. The molecule has 102 valence electrons. The van der Waals surface area contributed by atoms with Gasteiger partial charge in [-0.15, -0.1) is 0 Å². The summed E-state index contributed by atoms with van der Waals surface area (Å²) in [4.78, 5) is 0.00708. The van der Waals surface area contributed by atoms with Gasteiger partial charge >= 0.3 is 0 Å². The van der Waals surface area contributed by atoms with Crippen LogP contribution < -0.4 is 9.46 Å². The molecule has 0 bridgehead atoms. The molecule has 6 heteroatoms. The Morgan fingerprint density at radius 2 is 2.06 bits per heavy atom. The number of halogens is 1. The molecule has 0 radical (unpaired) electrons. The maximum atomic E-state index is 13.3. The summed E-state index contributed by atoms with van der Waals surface area (Å²) in [6.45, 7) is 5.63. The van der Waals surface area contributed by atoms with Crippen LogP contribution in [0.2, 0.25) is 0 Å². The van der Waals surface area contributed by atoms with Gasteiger partial charge in [-0.1, -0.05) is 6.92 Å². The quantitative estimate of drug-likeness (QED) is 0.866. The van der Waals surface area contributed by atoms with Crippen molar-refractivity contribution in [2.24, 2.45) is 0 Å². The lowest BCUT2D eigenvalue weighted by Gasteiger charge is -2.13. The third kappa shape index (κ3) is 3.68. The van der Waals surface area contributed by atoms with Gasteiger partial charge in [-0.2, -0.15) is 0 Å². The number of hydrogen-bond acceptors (Lipinski definition) is 3. The molecule has 1 unspecified atom stereocenters. The smallest absolute Gasteiger partial charge is 0.240 e. The van der Waals surface area contributed by atoms with Crippen molar-refractivity contribution in [2.45, 2.75) is 38.1 Å². The van der Waals surface area contributed by atoms with Gasteiger partial charge in [0.25, 0.3) is 0 Å². The summed E-state index contributed by atoms with van der Waals surface area (Å²) in [6.07, 6.45) is 0.679. The average Bonchev–Trinajstić information content (AvgIpc) is 2.31. The molecule has 0 amide bonds. The molecule has 0 spiro atoms. The molecule has 18 heavy (non-hydrogen) atoms. The second-order valence-corrected chi connectivity index (χ2v) is 5.67. The zero-order valence-electron chi connectivity index (χ0n) is 10.7. The Labute approximate surface area is 107 Å². The first kappa shape index (κ1) is 14.9. The van der Waals surface area contributed by atoms with E-state index in [4.69, 9.17) is 4.74 Å². The van der Waals surface area contributed by atoms with Crippen LogP contribution in [-0.2, 0) is 10.0 Å². The van der Waals surface area contributed by atoms with Crippen molar-refractivity contribution in [3.8, 4) is 5.75 Å². The van der Waals surface area contributed by atoms with E-state index in [1.807, 2.05) is 6.92 Å². The summed E-state index contributed by atoms with van der Waals surface area (Å²) in [5.41, 5.74) is 0. The third-order valence-corrected chi connectivity index (χ3v) is 4.07. The van der Waals surface area contributed by atoms with E-state index < -0.39 is 15.8 Å². The minimum atomic E-state index is -3.63. The maximum Gasteiger partial charge on any atom is 0.240 e. The Balaban J connectivity index is 3.05. The highest BCUT2D eigenvalue weighted by atomic mass is 32.2. The molecule has 1 aromatic carbocycles. The van der Waals surface area contributed by atoms with Gasteiger partial charge in [0, 0.05) is 12.1 Å². The topological polar surface area (TPSA) is 55.4 Å². The zero-order chi connectivity index (χ0) is 13.8. The molecule has 0 saturated heterocycles. The lowest BCUT2D eigenvalue weighted by atomic mass is 10.3. The van der Waals surface area contributed by atoms with Crippen molar-refractivity contribution in [1.82, 2.24) is 4.72 Å². The molecule has 1 aromatic rings. The highest BCUT2D eigenvalue weighted by Gasteiger charge is 2.18. The van der Waals surface area contributed by atoms with Crippen LogP contribution in [0.5, 0.6) is 5.75 Å². The van der Waals surface area contributed by atoms with Gasteiger partial charge in [0.05, 0.1) is 11.5 Å². The molecule has 1 atom stereocenters. The third-order valence-electron chi connectivity index (χ3n) is 2.48. The molecule has 0 aromatic heterocycles. The van der Waals surface area contributed by atoms with Crippen molar-refractivity contribution in [3.05, 3.63) is 24.0 Å². The Bertz CT molecular complexity index is 502. The number of hydrogen-bond donors (Lipinski definition) is 1. The Hall–Kier alpha value is -1.14. The van der Waals surface area contributed by atoms with E-state index in [9.17, 15) is 12.8 Å². The van der Waals surface area contributed by atoms with Crippen molar-refractivity contribution in [3.63, 3.8) is 0 Å². The van der Waals surface area contributed by atoms with E-state index in [-0.39, 0.29) is 23.3 Å². The minimum Gasteiger partial charge on any atom is -0.491 e. The molecular formula is C12H18FNO3S. The van der Waals surface area contributed by atoms with Crippen LogP contribution in [0.1, 0.15) is 27.2 Å². The average molecular weight is 275 g/mol. The normalized spacial score (nSPS) is 13.3. The molecule has 0 saturated carbocycles. The lowest BCUT2D eigenvalue weighted by Crippen LogP contribution is -2.32. The van der Waals surface area contributed by atoms with E-state index in [0.29, 0.717) is 6.42 Å². The van der Waals surface area contributed by atoms with Crippen LogP contribution in [0.25, 0.3) is 0 Å². The molecule has 0 aliphatic heterocycles. The van der Waals surface area contributed by atoms with Crippen molar-refractivity contribution < 1.29 is 17.5 Å². The number of nitrogens with one attached hydrogen (secondary N) is 1. The summed E-state index contributed by atoms with van der Waals surface area (Å²) >= 11 is 0. The maximum absolute atomic E-state index is 13.3. The van der Waals surface area contributed by atoms with Crippen LogP contribution in [-0.4, -0.2) is 21.1 Å². The van der Waals surface area contributed by atoms with Crippen LogP contribution in [0.4, 0.5) is 4.39 Å². The van der Waals surface area contributed by atoms with Crippen LogP contribution in [0.3, 0.4) is 0 Å². The fourth-order valence-corrected chi connectivity index (χ4v) is 2.68. The van der Waals surface area contributed by atoms with Crippen LogP contribution in [0, 0.1) is 5.82 Å². The predicted molar refractivity (Wildman–Crippen MR) is 67.6 cm³/mol. The van der Waals surface area contributed by atoms with Gasteiger partial charge in [-0.25, -0.2) is 17.5 Å². The second kappa shape index (κ2) is 6.15. The largest absolute Gasteiger partial charge is 0.491 e. The fraction of sp³-hybridized carbons (Fsp3) is 0.500. The highest BCUT2D eigenvalue weighted by molar-refractivity contribution is 7.89. The van der Waals surface area contributed by atoms with Crippen molar-refractivity contribution >= 4 is 10.0 Å². The van der Waals surface area contributed by atoms with Gasteiger partial charge < -0.3 is 4.74 Å².